The van der Waals surface area contributed by atoms with Gasteiger partial charge < -0.3 is 16.9 Å². The maximum atomic E-state index is 7.23. The van der Waals surface area contributed by atoms with E-state index in [9.17, 15) is 0 Å². The van der Waals surface area contributed by atoms with Crippen molar-refractivity contribution >= 4 is 11.9 Å². The molecule has 3 nitrogen and oxygen atoms in total. The zero-order valence-corrected chi connectivity index (χ0v) is 7.96. The summed E-state index contributed by atoms with van der Waals surface area (Å²) in [6.07, 6.45) is 1.26. The molecule has 0 heterocycles. The Kier molecular flexibility index (Phi) is 2.68. The summed E-state index contributed by atoms with van der Waals surface area (Å²) in [5, 5.41) is 7.23. The lowest BCUT2D eigenvalue weighted by molar-refractivity contribution is 0.816. The van der Waals surface area contributed by atoms with Crippen LogP contribution >= 0.6 is 0 Å². The molecular formula is C10H15N3. The van der Waals surface area contributed by atoms with Crippen LogP contribution in [-0.4, -0.2) is 6.21 Å². The van der Waals surface area contributed by atoms with Crippen LogP contribution in [-0.2, 0) is 0 Å². The molecule has 0 aliphatic heterocycles. The number of nitrogens with two attached hydrogens (primary N) is 2. The minimum Gasteiger partial charge on any atom is -0.398 e. The van der Waals surface area contributed by atoms with Crippen molar-refractivity contribution in [3.63, 3.8) is 0 Å². The highest BCUT2D eigenvalue weighted by Gasteiger charge is 2.08. The predicted octanol–water partition coefficient (Wildman–Crippen LogP) is 1.59. The smallest absolute Gasteiger partial charge is 0.0409 e. The Hall–Kier alpha value is -1.35. The predicted molar refractivity (Wildman–Crippen MR) is 56.1 cm³/mol. The Balaban J connectivity index is 3.38. The van der Waals surface area contributed by atoms with Crippen molar-refractivity contribution in [2.75, 3.05) is 5.73 Å². The molecule has 0 aliphatic carbocycles. The third kappa shape index (κ3) is 1.87. The highest BCUT2D eigenvalue weighted by Crippen LogP contribution is 2.22. The van der Waals surface area contributed by atoms with Crippen molar-refractivity contribution < 1.29 is 0 Å². The average Bonchev–Trinajstić information content (AvgIpc) is 2.02. The van der Waals surface area contributed by atoms with E-state index < -0.39 is 0 Å². The van der Waals surface area contributed by atoms with Gasteiger partial charge in [0, 0.05) is 23.5 Å². The molecule has 1 aromatic carbocycles. The van der Waals surface area contributed by atoms with E-state index in [1.54, 1.807) is 0 Å². The first-order valence-corrected chi connectivity index (χ1v) is 4.22. The van der Waals surface area contributed by atoms with Gasteiger partial charge in [0.15, 0.2) is 0 Å². The van der Waals surface area contributed by atoms with Crippen molar-refractivity contribution in [2.45, 2.75) is 19.9 Å². The molecule has 1 rings (SSSR count). The molecule has 1 aromatic rings. The lowest BCUT2D eigenvalue weighted by atomic mass is 9.98. The van der Waals surface area contributed by atoms with Gasteiger partial charge in [0.05, 0.1) is 0 Å². The summed E-state index contributed by atoms with van der Waals surface area (Å²) in [6.45, 7) is 3.86. The van der Waals surface area contributed by atoms with E-state index in [-0.39, 0.29) is 6.04 Å². The Morgan fingerprint density at radius 1 is 1.46 bits per heavy atom. The molecule has 1 atom stereocenters. The maximum absolute atomic E-state index is 7.23. The first-order valence-electron chi connectivity index (χ1n) is 4.22. The van der Waals surface area contributed by atoms with Gasteiger partial charge in [0.2, 0.25) is 0 Å². The van der Waals surface area contributed by atoms with Crippen molar-refractivity contribution in [1.82, 2.24) is 0 Å². The van der Waals surface area contributed by atoms with E-state index in [1.165, 1.54) is 6.21 Å². The zero-order chi connectivity index (χ0) is 10.0. The van der Waals surface area contributed by atoms with E-state index in [4.69, 9.17) is 16.9 Å². The maximum Gasteiger partial charge on any atom is 0.0409 e. The van der Waals surface area contributed by atoms with Crippen LogP contribution in [0.15, 0.2) is 12.1 Å². The zero-order valence-electron chi connectivity index (χ0n) is 7.96. The number of benzene rings is 1. The molecule has 1 unspecified atom stereocenters. The first-order chi connectivity index (χ1) is 6.06. The Morgan fingerprint density at radius 3 is 2.54 bits per heavy atom. The first kappa shape index (κ1) is 9.74. The van der Waals surface area contributed by atoms with E-state index in [2.05, 4.69) is 0 Å². The minimum absolute atomic E-state index is 0.0844. The molecule has 0 aromatic heterocycles. The lowest BCUT2D eigenvalue weighted by Gasteiger charge is -2.12. The number of nitrogens with one attached hydrogen (secondary N) is 1. The SMILES string of the molecule is Cc1cc(N)c(C=N)c(C(C)N)c1. The van der Waals surface area contributed by atoms with Gasteiger partial charge in [0.25, 0.3) is 0 Å². The van der Waals surface area contributed by atoms with Gasteiger partial charge in [-0.1, -0.05) is 6.07 Å². The monoisotopic (exact) mass is 177 g/mol. The molecule has 13 heavy (non-hydrogen) atoms. The topological polar surface area (TPSA) is 75.9 Å². The fraction of sp³-hybridized carbons (Fsp3) is 0.300. The van der Waals surface area contributed by atoms with Crippen LogP contribution in [0.3, 0.4) is 0 Å². The van der Waals surface area contributed by atoms with Crippen molar-refractivity contribution in [2.24, 2.45) is 5.73 Å². The van der Waals surface area contributed by atoms with Gasteiger partial charge in [-0.25, -0.2) is 0 Å². The molecule has 0 aliphatic rings. The lowest BCUT2D eigenvalue weighted by Crippen LogP contribution is -2.10. The molecule has 0 bridgehead atoms. The standard InChI is InChI=1S/C10H15N3/c1-6-3-8(7(2)12)9(5-11)10(13)4-6/h3-5,7,11H,12-13H2,1-2H3. The number of rotatable bonds is 2. The Labute approximate surface area is 78.3 Å². The summed E-state index contributed by atoms with van der Waals surface area (Å²) in [4.78, 5) is 0. The number of aryl methyl sites for hydroxylation is 1. The Morgan fingerprint density at radius 2 is 2.08 bits per heavy atom. The molecule has 0 spiro atoms. The van der Waals surface area contributed by atoms with Gasteiger partial charge >= 0.3 is 0 Å². The molecule has 3 heteroatoms. The van der Waals surface area contributed by atoms with E-state index in [0.29, 0.717) is 5.69 Å². The minimum atomic E-state index is -0.0844. The highest BCUT2D eigenvalue weighted by atomic mass is 14.6. The number of hydrogen-bond donors (Lipinski definition) is 3. The number of hydrogen-bond acceptors (Lipinski definition) is 3. The second-order valence-electron chi connectivity index (χ2n) is 3.29. The van der Waals surface area contributed by atoms with Gasteiger partial charge in [-0.3, -0.25) is 0 Å². The molecule has 0 radical (unpaired) electrons. The van der Waals surface area contributed by atoms with Crippen LogP contribution in [0.5, 0.6) is 0 Å². The summed E-state index contributed by atoms with van der Waals surface area (Å²) in [7, 11) is 0. The third-order valence-electron chi connectivity index (χ3n) is 2.02. The van der Waals surface area contributed by atoms with Crippen LogP contribution in [0, 0.1) is 12.3 Å². The summed E-state index contributed by atoms with van der Waals surface area (Å²) in [5.41, 5.74) is 14.9. The second kappa shape index (κ2) is 3.58. The fourth-order valence-corrected chi connectivity index (χ4v) is 1.40. The van der Waals surface area contributed by atoms with E-state index >= 15 is 0 Å². The van der Waals surface area contributed by atoms with Gasteiger partial charge in [-0.15, -0.1) is 0 Å². The average molecular weight is 177 g/mol. The fourth-order valence-electron chi connectivity index (χ4n) is 1.40. The van der Waals surface area contributed by atoms with Crippen molar-refractivity contribution in [3.8, 4) is 0 Å². The van der Waals surface area contributed by atoms with E-state index in [0.717, 1.165) is 16.7 Å². The van der Waals surface area contributed by atoms with Crippen LogP contribution in [0.25, 0.3) is 0 Å². The van der Waals surface area contributed by atoms with Gasteiger partial charge in [-0.2, -0.15) is 0 Å². The van der Waals surface area contributed by atoms with Crippen molar-refractivity contribution in [3.05, 3.63) is 28.8 Å². The highest BCUT2D eigenvalue weighted by molar-refractivity contribution is 5.87. The summed E-state index contributed by atoms with van der Waals surface area (Å²) >= 11 is 0. The van der Waals surface area contributed by atoms with E-state index in [1.807, 2.05) is 26.0 Å². The Bertz CT molecular complexity index is 329. The van der Waals surface area contributed by atoms with Crippen LogP contribution in [0.4, 0.5) is 5.69 Å². The molecule has 0 saturated heterocycles. The van der Waals surface area contributed by atoms with Crippen LogP contribution < -0.4 is 11.5 Å². The van der Waals surface area contributed by atoms with Gasteiger partial charge in [0.1, 0.15) is 0 Å². The number of nitrogen functional groups attached to an aromatic ring is 1. The quantitative estimate of drug-likeness (QED) is 0.474. The van der Waals surface area contributed by atoms with Crippen LogP contribution in [0.2, 0.25) is 0 Å². The summed E-state index contributed by atoms with van der Waals surface area (Å²) in [6, 6.07) is 3.74. The normalized spacial score (nSPS) is 12.5. The number of anilines is 1. The summed E-state index contributed by atoms with van der Waals surface area (Å²) < 4.78 is 0. The summed E-state index contributed by atoms with van der Waals surface area (Å²) in [5.74, 6) is 0. The van der Waals surface area contributed by atoms with Gasteiger partial charge in [-0.05, 0) is 31.0 Å². The second-order valence-corrected chi connectivity index (χ2v) is 3.29. The molecule has 0 amide bonds. The largest absolute Gasteiger partial charge is 0.398 e. The molecule has 70 valence electrons. The molecule has 5 N–H and O–H groups in total. The third-order valence-corrected chi connectivity index (χ3v) is 2.02. The molecule has 0 fully saturated rings. The molecule has 0 saturated carbocycles. The molecular weight excluding hydrogens is 162 g/mol. The van der Waals surface area contributed by atoms with Crippen molar-refractivity contribution in [1.29, 1.82) is 5.41 Å². The van der Waals surface area contributed by atoms with Crippen LogP contribution in [0.1, 0.15) is 29.7 Å².